The summed E-state index contributed by atoms with van der Waals surface area (Å²) in [6.07, 6.45) is 3.22. The van der Waals surface area contributed by atoms with E-state index in [0.717, 1.165) is 5.69 Å². The molecule has 10 heteroatoms. The van der Waals surface area contributed by atoms with E-state index in [0.29, 0.717) is 45.2 Å². The highest BCUT2D eigenvalue weighted by Crippen LogP contribution is 2.33. The van der Waals surface area contributed by atoms with Gasteiger partial charge in [-0.15, -0.1) is 0 Å². The lowest BCUT2D eigenvalue weighted by atomic mass is 9.98. The van der Waals surface area contributed by atoms with Crippen molar-refractivity contribution >= 4 is 40.4 Å². The molecule has 5 rings (SSSR count). The van der Waals surface area contributed by atoms with Crippen LogP contribution in [0.4, 0.5) is 17.2 Å². The smallest absolute Gasteiger partial charge is 0.273 e. The predicted molar refractivity (Wildman–Crippen MR) is 131 cm³/mol. The normalized spacial score (nSPS) is 13.4. The number of aromatic nitrogens is 4. The molecule has 0 fully saturated rings. The molecule has 10 nitrogen and oxygen atoms in total. The average Bonchev–Trinajstić information content (AvgIpc) is 3.55. The summed E-state index contributed by atoms with van der Waals surface area (Å²) in [4.78, 5) is 38.3. The molecule has 0 radical (unpaired) electrons. The molecule has 0 atom stereocenters. The second-order valence-electron chi connectivity index (χ2n) is 8.03. The minimum Gasteiger partial charge on any atom is -0.344 e. The molecule has 4 N–H and O–H groups in total. The molecule has 0 bridgehead atoms. The lowest BCUT2D eigenvalue weighted by molar-refractivity contribution is -0.110. The maximum atomic E-state index is 13.3. The molecule has 1 aliphatic heterocycles. The zero-order chi connectivity index (χ0) is 24.5. The van der Waals surface area contributed by atoms with Gasteiger partial charge in [0.1, 0.15) is 5.69 Å². The van der Waals surface area contributed by atoms with Gasteiger partial charge < -0.3 is 16.0 Å². The molecular formula is C25H21N7O3. The highest BCUT2D eigenvalue weighted by atomic mass is 16.2. The number of aryl methyl sites for hydroxylation is 2. The zero-order valence-electron chi connectivity index (χ0n) is 18.9. The summed E-state index contributed by atoms with van der Waals surface area (Å²) in [6, 6.07) is 15.2. The number of carbonyl (C=O) groups is 3. The third-order valence-corrected chi connectivity index (χ3v) is 5.55. The van der Waals surface area contributed by atoms with Crippen LogP contribution in [0.15, 0.2) is 67.0 Å². The number of benzene rings is 2. The van der Waals surface area contributed by atoms with E-state index in [2.05, 4.69) is 31.2 Å². The van der Waals surface area contributed by atoms with E-state index in [1.54, 1.807) is 74.0 Å². The van der Waals surface area contributed by atoms with Crippen molar-refractivity contribution < 1.29 is 14.4 Å². The number of nitrogens with one attached hydrogen (secondary N) is 4. The highest BCUT2D eigenvalue weighted by molar-refractivity contribution is 6.32. The summed E-state index contributed by atoms with van der Waals surface area (Å²) < 4.78 is 1.51. The summed E-state index contributed by atoms with van der Waals surface area (Å²) in [5.41, 5.74) is 4.08. The van der Waals surface area contributed by atoms with Gasteiger partial charge in [-0.1, -0.05) is 12.1 Å². The van der Waals surface area contributed by atoms with Gasteiger partial charge >= 0.3 is 0 Å². The van der Waals surface area contributed by atoms with Crippen LogP contribution in [0.1, 0.15) is 37.7 Å². The number of ketones is 1. The maximum Gasteiger partial charge on any atom is 0.273 e. The van der Waals surface area contributed by atoms with E-state index in [1.807, 2.05) is 6.92 Å². The fourth-order valence-corrected chi connectivity index (χ4v) is 3.88. The van der Waals surface area contributed by atoms with E-state index < -0.39 is 0 Å². The zero-order valence-corrected chi connectivity index (χ0v) is 18.9. The van der Waals surface area contributed by atoms with Crippen molar-refractivity contribution in [2.24, 2.45) is 7.05 Å². The summed E-state index contributed by atoms with van der Waals surface area (Å²) >= 11 is 0. The van der Waals surface area contributed by atoms with Crippen LogP contribution in [0, 0.1) is 6.92 Å². The number of rotatable bonds is 6. The minimum absolute atomic E-state index is 0.237. The van der Waals surface area contributed by atoms with Gasteiger partial charge in [0.05, 0.1) is 11.3 Å². The molecule has 0 aliphatic carbocycles. The Morgan fingerprint density at radius 1 is 1.06 bits per heavy atom. The first-order chi connectivity index (χ1) is 16.9. The van der Waals surface area contributed by atoms with Crippen LogP contribution in [-0.2, 0) is 11.8 Å². The quantitative estimate of drug-likeness (QED) is 0.254. The van der Waals surface area contributed by atoms with Crippen molar-refractivity contribution in [2.75, 3.05) is 16.0 Å². The number of H-pyrrole nitrogens is 1. The standard InChI is InChI=1S/C25H21N7O3/c1-14-10-21(32(2)31-14)25(35)28-17-5-3-4-15(11-17)23(33)16-6-7-20-18(12-16)19(24(34)29-20)13-26-22-8-9-27-30-22/h3-13H,1-2H3,(H,28,35)(H,29,34)(H2,26,27,30)/b19-13-. The first kappa shape index (κ1) is 21.8. The number of hydrogen-bond donors (Lipinski definition) is 4. The molecule has 0 saturated carbocycles. The first-order valence-electron chi connectivity index (χ1n) is 10.8. The Hall–Kier alpha value is -4.99. The van der Waals surface area contributed by atoms with Crippen molar-refractivity contribution in [3.05, 3.63) is 95.1 Å². The third kappa shape index (κ3) is 4.32. The number of fused-ring (bicyclic) bond motifs is 1. The van der Waals surface area contributed by atoms with Crippen LogP contribution in [0.3, 0.4) is 0 Å². The maximum absolute atomic E-state index is 13.3. The van der Waals surface area contributed by atoms with Crippen molar-refractivity contribution in [1.29, 1.82) is 0 Å². The summed E-state index contributed by atoms with van der Waals surface area (Å²) in [7, 11) is 1.70. The molecule has 3 heterocycles. The Morgan fingerprint density at radius 3 is 2.63 bits per heavy atom. The molecular weight excluding hydrogens is 446 g/mol. The highest BCUT2D eigenvalue weighted by Gasteiger charge is 2.25. The largest absolute Gasteiger partial charge is 0.344 e. The van der Waals surface area contributed by atoms with Gasteiger partial charge in [0.25, 0.3) is 11.8 Å². The van der Waals surface area contributed by atoms with Gasteiger partial charge in [0.2, 0.25) is 0 Å². The van der Waals surface area contributed by atoms with Crippen molar-refractivity contribution in [3.8, 4) is 0 Å². The lowest BCUT2D eigenvalue weighted by Crippen LogP contribution is -2.16. The van der Waals surface area contributed by atoms with Crippen LogP contribution in [0.5, 0.6) is 0 Å². The second-order valence-corrected chi connectivity index (χ2v) is 8.03. The number of nitrogens with zero attached hydrogens (tertiary/aromatic N) is 3. The van der Waals surface area contributed by atoms with Crippen LogP contribution in [0.2, 0.25) is 0 Å². The molecule has 2 aromatic heterocycles. The van der Waals surface area contributed by atoms with Gasteiger partial charge in [0.15, 0.2) is 11.6 Å². The topological polar surface area (TPSA) is 134 Å². The van der Waals surface area contributed by atoms with Crippen molar-refractivity contribution in [3.63, 3.8) is 0 Å². The van der Waals surface area contributed by atoms with Crippen LogP contribution in [-0.4, -0.2) is 37.6 Å². The van der Waals surface area contributed by atoms with Gasteiger partial charge in [-0.25, -0.2) is 0 Å². The SMILES string of the molecule is Cc1cc(C(=O)Nc2cccc(C(=O)c3ccc4c(c3)/C(=C/Nc3cc[nH]n3)C(=O)N4)c2)n(C)n1. The second kappa shape index (κ2) is 8.75. The van der Waals surface area contributed by atoms with Crippen molar-refractivity contribution in [2.45, 2.75) is 6.92 Å². The molecule has 2 aromatic carbocycles. The predicted octanol–water partition coefficient (Wildman–Crippen LogP) is 3.34. The lowest BCUT2D eigenvalue weighted by Gasteiger charge is -2.08. The fourth-order valence-electron chi connectivity index (χ4n) is 3.88. The van der Waals surface area contributed by atoms with Crippen molar-refractivity contribution in [1.82, 2.24) is 20.0 Å². The molecule has 0 unspecified atom stereocenters. The molecule has 0 spiro atoms. The first-order valence-corrected chi connectivity index (χ1v) is 10.8. The summed E-state index contributed by atoms with van der Waals surface area (Å²) in [5, 5.41) is 19.4. The van der Waals surface area contributed by atoms with E-state index in [1.165, 1.54) is 4.68 Å². The van der Waals surface area contributed by atoms with E-state index in [9.17, 15) is 14.4 Å². The van der Waals surface area contributed by atoms with Gasteiger partial charge in [-0.05, 0) is 43.3 Å². The molecule has 2 amide bonds. The Morgan fingerprint density at radius 2 is 1.89 bits per heavy atom. The Kier molecular flexibility index (Phi) is 5.46. The summed E-state index contributed by atoms with van der Waals surface area (Å²) in [6.45, 7) is 1.81. The molecule has 0 saturated heterocycles. The number of aromatic amines is 1. The van der Waals surface area contributed by atoms with E-state index >= 15 is 0 Å². The number of carbonyl (C=O) groups excluding carboxylic acids is 3. The molecule has 174 valence electrons. The molecule has 4 aromatic rings. The fraction of sp³-hybridized carbons (Fsp3) is 0.0800. The Balaban J connectivity index is 1.38. The van der Waals surface area contributed by atoms with E-state index in [-0.39, 0.29) is 17.6 Å². The van der Waals surface area contributed by atoms with E-state index in [4.69, 9.17) is 0 Å². The summed E-state index contributed by atoms with van der Waals surface area (Å²) in [5.74, 6) is -0.271. The van der Waals surface area contributed by atoms with Crippen LogP contribution < -0.4 is 16.0 Å². The van der Waals surface area contributed by atoms with Crippen LogP contribution in [0.25, 0.3) is 5.57 Å². The third-order valence-electron chi connectivity index (χ3n) is 5.55. The van der Waals surface area contributed by atoms with Crippen LogP contribution >= 0.6 is 0 Å². The minimum atomic E-state index is -0.320. The molecule has 1 aliphatic rings. The number of amides is 2. The Bertz CT molecular complexity index is 1500. The monoisotopic (exact) mass is 467 g/mol. The number of anilines is 3. The molecule has 35 heavy (non-hydrogen) atoms. The van der Waals surface area contributed by atoms with Gasteiger partial charge in [0, 0.05) is 53.6 Å². The van der Waals surface area contributed by atoms with Gasteiger partial charge in [-0.3, -0.25) is 24.2 Å². The Labute approximate surface area is 200 Å². The average molecular weight is 467 g/mol. The van der Waals surface area contributed by atoms with Gasteiger partial charge in [-0.2, -0.15) is 10.2 Å². The number of hydrogen-bond acceptors (Lipinski definition) is 6.